The molecule has 1 aromatic heterocycles. The second-order valence-electron chi connectivity index (χ2n) is 5.09. The molecule has 1 heterocycles. The van der Waals surface area contributed by atoms with Crippen molar-refractivity contribution in [2.45, 2.75) is 37.7 Å². The van der Waals surface area contributed by atoms with Crippen molar-refractivity contribution in [3.05, 3.63) is 24.0 Å². The van der Waals surface area contributed by atoms with E-state index in [4.69, 9.17) is 9.47 Å². The Morgan fingerprint density at radius 3 is 2.71 bits per heavy atom. The minimum atomic E-state index is -0.338. The predicted molar refractivity (Wildman–Crippen MR) is 93.9 cm³/mol. The van der Waals surface area contributed by atoms with Crippen LogP contribution in [0.2, 0.25) is 0 Å². The molecule has 0 saturated carbocycles. The Morgan fingerprint density at radius 1 is 1.33 bits per heavy atom. The number of rotatable bonds is 7. The topological polar surface area (TPSA) is 78.3 Å². The van der Waals surface area contributed by atoms with Crippen molar-refractivity contribution >= 4 is 23.4 Å². The average molecular weight is 350 g/mol. The summed E-state index contributed by atoms with van der Waals surface area (Å²) in [7, 11) is 3.13. The molecule has 1 unspecified atom stereocenters. The third-order valence-electron chi connectivity index (χ3n) is 3.53. The first-order valence-corrected chi connectivity index (χ1v) is 8.47. The van der Waals surface area contributed by atoms with E-state index in [2.05, 4.69) is 15.5 Å². The van der Waals surface area contributed by atoms with E-state index in [-0.39, 0.29) is 11.2 Å². The van der Waals surface area contributed by atoms with Gasteiger partial charge in [0, 0.05) is 12.6 Å². The van der Waals surface area contributed by atoms with Gasteiger partial charge in [0.25, 0.3) is 0 Å². The number of benzene rings is 1. The van der Waals surface area contributed by atoms with E-state index < -0.39 is 0 Å². The summed E-state index contributed by atoms with van der Waals surface area (Å²) in [4.78, 5) is 12.5. The van der Waals surface area contributed by atoms with Crippen LogP contribution in [0.5, 0.6) is 11.5 Å². The van der Waals surface area contributed by atoms with Gasteiger partial charge in [-0.1, -0.05) is 11.8 Å². The Morgan fingerprint density at radius 2 is 2.08 bits per heavy atom. The number of hydrogen-bond donors (Lipinski definition) is 1. The minimum Gasteiger partial charge on any atom is -0.497 e. The molecule has 0 radical (unpaired) electrons. The van der Waals surface area contributed by atoms with E-state index in [1.165, 1.54) is 11.8 Å². The van der Waals surface area contributed by atoms with Gasteiger partial charge in [-0.25, -0.2) is 0 Å². The zero-order chi connectivity index (χ0) is 17.7. The van der Waals surface area contributed by atoms with Crippen LogP contribution in [0, 0.1) is 6.92 Å². The molecule has 0 bridgehead atoms. The summed E-state index contributed by atoms with van der Waals surface area (Å²) in [6, 6.07) is 5.26. The maximum absolute atomic E-state index is 12.5. The second kappa shape index (κ2) is 8.05. The molecule has 24 heavy (non-hydrogen) atoms. The van der Waals surface area contributed by atoms with Gasteiger partial charge in [-0.15, -0.1) is 10.2 Å². The zero-order valence-corrected chi connectivity index (χ0v) is 15.3. The number of aromatic nitrogens is 3. The van der Waals surface area contributed by atoms with Crippen molar-refractivity contribution in [3.63, 3.8) is 0 Å². The zero-order valence-electron chi connectivity index (χ0n) is 14.5. The molecule has 0 saturated heterocycles. The Bertz CT molecular complexity index is 717. The number of hydrogen-bond acceptors (Lipinski definition) is 6. The van der Waals surface area contributed by atoms with Gasteiger partial charge in [-0.05, 0) is 32.9 Å². The summed E-state index contributed by atoms with van der Waals surface area (Å²) in [5.74, 6) is 1.92. The van der Waals surface area contributed by atoms with E-state index in [1.807, 2.05) is 25.3 Å². The van der Waals surface area contributed by atoms with E-state index in [1.54, 1.807) is 32.4 Å². The lowest BCUT2D eigenvalue weighted by molar-refractivity contribution is -0.115. The summed E-state index contributed by atoms with van der Waals surface area (Å²) < 4.78 is 12.4. The SMILES string of the molecule is CCn1c(C)nnc1SC(C)C(=O)Nc1cc(OC)ccc1OC. The van der Waals surface area contributed by atoms with Crippen LogP contribution in [0.1, 0.15) is 19.7 Å². The number of carbonyl (C=O) groups is 1. The highest BCUT2D eigenvalue weighted by molar-refractivity contribution is 8.00. The van der Waals surface area contributed by atoms with Crippen LogP contribution in [0.3, 0.4) is 0 Å². The number of anilines is 1. The van der Waals surface area contributed by atoms with Gasteiger partial charge in [-0.2, -0.15) is 0 Å². The maximum Gasteiger partial charge on any atom is 0.237 e. The number of methoxy groups -OCH3 is 2. The number of ether oxygens (including phenoxy) is 2. The first kappa shape index (κ1) is 18.1. The molecule has 7 nitrogen and oxygen atoms in total. The summed E-state index contributed by atoms with van der Waals surface area (Å²) in [6.45, 7) is 6.51. The molecule has 0 fully saturated rings. The molecule has 0 aliphatic carbocycles. The highest BCUT2D eigenvalue weighted by Gasteiger charge is 2.20. The fraction of sp³-hybridized carbons (Fsp3) is 0.438. The third-order valence-corrected chi connectivity index (χ3v) is 4.61. The van der Waals surface area contributed by atoms with Crippen LogP contribution in [0.4, 0.5) is 5.69 Å². The summed E-state index contributed by atoms with van der Waals surface area (Å²) in [5, 5.41) is 11.5. The van der Waals surface area contributed by atoms with E-state index in [0.717, 1.165) is 17.5 Å². The molecule has 0 aliphatic heterocycles. The quantitative estimate of drug-likeness (QED) is 0.774. The van der Waals surface area contributed by atoms with Gasteiger partial charge >= 0.3 is 0 Å². The monoisotopic (exact) mass is 350 g/mol. The molecule has 1 amide bonds. The van der Waals surface area contributed by atoms with Gasteiger partial charge in [-0.3, -0.25) is 4.79 Å². The molecule has 0 aliphatic rings. The largest absolute Gasteiger partial charge is 0.497 e. The molecule has 1 aromatic carbocycles. The van der Waals surface area contributed by atoms with Gasteiger partial charge in [0.05, 0.1) is 25.2 Å². The molecule has 1 atom stereocenters. The highest BCUT2D eigenvalue weighted by atomic mass is 32.2. The minimum absolute atomic E-state index is 0.144. The molecule has 1 N–H and O–H groups in total. The number of nitrogens with zero attached hydrogens (tertiary/aromatic N) is 3. The molecular formula is C16H22N4O3S. The summed E-state index contributed by atoms with van der Waals surface area (Å²) in [5.41, 5.74) is 0.572. The van der Waals surface area contributed by atoms with Crippen LogP contribution >= 0.6 is 11.8 Å². The number of nitrogens with one attached hydrogen (secondary N) is 1. The number of aryl methyl sites for hydroxylation is 1. The number of carbonyl (C=O) groups excluding carboxylic acids is 1. The summed E-state index contributed by atoms with van der Waals surface area (Å²) in [6.07, 6.45) is 0. The van der Waals surface area contributed by atoms with Crippen LogP contribution in [-0.2, 0) is 11.3 Å². The Labute approximate surface area is 145 Å². The maximum atomic E-state index is 12.5. The Balaban J connectivity index is 2.11. The van der Waals surface area contributed by atoms with Crippen molar-refractivity contribution in [2.75, 3.05) is 19.5 Å². The van der Waals surface area contributed by atoms with Crippen LogP contribution in [-0.4, -0.2) is 40.1 Å². The fourth-order valence-corrected chi connectivity index (χ4v) is 3.13. The van der Waals surface area contributed by atoms with Gasteiger partial charge in [0.2, 0.25) is 5.91 Å². The molecule has 2 rings (SSSR count). The van der Waals surface area contributed by atoms with E-state index >= 15 is 0 Å². The summed E-state index contributed by atoms with van der Waals surface area (Å²) >= 11 is 1.37. The van der Waals surface area contributed by atoms with E-state index in [9.17, 15) is 4.79 Å². The standard InChI is InChI=1S/C16H22N4O3S/c1-6-20-11(3)18-19-16(20)24-10(2)15(21)17-13-9-12(22-4)7-8-14(13)23-5/h7-10H,6H2,1-5H3,(H,17,21). The number of thioether (sulfide) groups is 1. The Kier molecular flexibility index (Phi) is 6.08. The normalized spacial score (nSPS) is 11.9. The smallest absolute Gasteiger partial charge is 0.237 e. The van der Waals surface area contributed by atoms with Crippen LogP contribution in [0.25, 0.3) is 0 Å². The van der Waals surface area contributed by atoms with Crippen molar-refractivity contribution in [2.24, 2.45) is 0 Å². The van der Waals surface area contributed by atoms with Crippen LogP contribution in [0.15, 0.2) is 23.4 Å². The average Bonchev–Trinajstić information content (AvgIpc) is 2.94. The lowest BCUT2D eigenvalue weighted by atomic mass is 10.2. The van der Waals surface area contributed by atoms with Crippen molar-refractivity contribution in [3.8, 4) is 11.5 Å². The molecule has 130 valence electrons. The van der Waals surface area contributed by atoms with E-state index in [0.29, 0.717) is 17.2 Å². The molecule has 8 heteroatoms. The van der Waals surface area contributed by atoms with Crippen molar-refractivity contribution in [1.29, 1.82) is 0 Å². The predicted octanol–water partition coefficient (Wildman–Crippen LogP) is 2.74. The van der Waals surface area contributed by atoms with Crippen LogP contribution < -0.4 is 14.8 Å². The molecule has 2 aromatic rings. The third kappa shape index (κ3) is 4.00. The van der Waals surface area contributed by atoms with Gasteiger partial charge in [0.15, 0.2) is 5.16 Å². The second-order valence-corrected chi connectivity index (χ2v) is 6.40. The first-order chi connectivity index (χ1) is 11.5. The molecular weight excluding hydrogens is 328 g/mol. The van der Waals surface area contributed by atoms with Gasteiger partial charge < -0.3 is 19.4 Å². The molecule has 0 spiro atoms. The van der Waals surface area contributed by atoms with Gasteiger partial charge in [0.1, 0.15) is 17.3 Å². The first-order valence-electron chi connectivity index (χ1n) is 7.59. The lowest BCUT2D eigenvalue weighted by Gasteiger charge is -2.15. The fourth-order valence-electron chi connectivity index (χ4n) is 2.17. The Hall–Kier alpha value is -2.22. The number of amides is 1. The lowest BCUT2D eigenvalue weighted by Crippen LogP contribution is -2.23. The highest BCUT2D eigenvalue weighted by Crippen LogP contribution is 2.30. The van der Waals surface area contributed by atoms with Crippen molar-refractivity contribution in [1.82, 2.24) is 14.8 Å². The van der Waals surface area contributed by atoms with Crippen molar-refractivity contribution < 1.29 is 14.3 Å².